The van der Waals surface area contributed by atoms with E-state index in [9.17, 15) is 9.59 Å². The number of aromatic amines is 1. The van der Waals surface area contributed by atoms with E-state index in [1.807, 2.05) is 25.1 Å². The summed E-state index contributed by atoms with van der Waals surface area (Å²) in [7, 11) is 0. The van der Waals surface area contributed by atoms with Crippen molar-refractivity contribution in [2.24, 2.45) is 0 Å². The molecule has 28 heavy (non-hydrogen) atoms. The molecule has 3 aromatic rings. The number of hydrogen-bond acceptors (Lipinski definition) is 5. The van der Waals surface area contributed by atoms with Gasteiger partial charge in [0.05, 0.1) is 17.5 Å². The molecule has 0 aliphatic carbocycles. The number of nitrogens with one attached hydrogen (secondary N) is 2. The lowest BCUT2D eigenvalue weighted by Crippen LogP contribution is -2.40. The highest BCUT2D eigenvalue weighted by atomic mass is 16.2. The Labute approximate surface area is 162 Å². The summed E-state index contributed by atoms with van der Waals surface area (Å²) in [5.41, 5.74) is 1.09. The third-order valence-corrected chi connectivity index (χ3v) is 4.81. The van der Waals surface area contributed by atoms with E-state index in [0.29, 0.717) is 35.9 Å². The minimum Gasteiger partial charge on any atom is -0.347 e. The second-order valence-corrected chi connectivity index (χ2v) is 6.78. The Morgan fingerprint density at radius 3 is 2.57 bits per heavy atom. The Morgan fingerprint density at radius 2 is 1.89 bits per heavy atom. The molecule has 8 nitrogen and oxygen atoms in total. The predicted octanol–water partition coefficient (Wildman–Crippen LogP) is 1.55. The lowest BCUT2D eigenvalue weighted by molar-refractivity contribution is 0.0782. The van der Waals surface area contributed by atoms with E-state index in [1.165, 1.54) is 0 Å². The molecule has 1 aliphatic rings. The van der Waals surface area contributed by atoms with Crippen LogP contribution in [0.4, 0.5) is 0 Å². The first-order chi connectivity index (χ1) is 13.6. The average molecular weight is 376 g/mol. The summed E-state index contributed by atoms with van der Waals surface area (Å²) in [6.07, 6.45) is 3.17. The Bertz CT molecular complexity index is 973. The van der Waals surface area contributed by atoms with Crippen LogP contribution in [0, 0.1) is 6.92 Å². The number of aromatic nitrogens is 4. The van der Waals surface area contributed by atoms with E-state index >= 15 is 0 Å². The van der Waals surface area contributed by atoms with Gasteiger partial charge in [-0.2, -0.15) is 5.10 Å². The second kappa shape index (κ2) is 7.59. The van der Waals surface area contributed by atoms with E-state index < -0.39 is 0 Å². The molecule has 0 unspecified atom stereocenters. The standard InChI is InChI=1S/C20H20N6O2/c1-13-22-18(25-24-13)16-11-26(20(28)15-8-5-9-21-10-15)12-17(16)23-19(27)14-6-3-2-4-7-14/h2-10,16-17H,11-12H2,1H3,(H,23,27)(H,22,24,25)/t16-,17-/m1/s1. The number of nitrogens with zero attached hydrogens (tertiary/aromatic N) is 4. The van der Waals surface area contributed by atoms with Gasteiger partial charge in [0.25, 0.3) is 11.8 Å². The van der Waals surface area contributed by atoms with Gasteiger partial charge in [-0.15, -0.1) is 0 Å². The van der Waals surface area contributed by atoms with Gasteiger partial charge in [-0.25, -0.2) is 4.98 Å². The van der Waals surface area contributed by atoms with Crippen LogP contribution in [0.1, 0.15) is 38.3 Å². The molecule has 1 saturated heterocycles. The van der Waals surface area contributed by atoms with Crippen LogP contribution in [0.15, 0.2) is 54.9 Å². The van der Waals surface area contributed by atoms with Crippen molar-refractivity contribution in [3.8, 4) is 0 Å². The van der Waals surface area contributed by atoms with Crippen LogP contribution in [0.3, 0.4) is 0 Å². The highest BCUT2D eigenvalue weighted by molar-refractivity contribution is 5.95. The minimum atomic E-state index is -0.288. The van der Waals surface area contributed by atoms with E-state index in [-0.39, 0.29) is 23.8 Å². The monoisotopic (exact) mass is 376 g/mol. The summed E-state index contributed by atoms with van der Waals surface area (Å²) in [6, 6.07) is 12.2. The summed E-state index contributed by atoms with van der Waals surface area (Å²) in [6.45, 7) is 2.62. The quantitative estimate of drug-likeness (QED) is 0.719. The summed E-state index contributed by atoms with van der Waals surface area (Å²) in [5, 5.41) is 10.1. The van der Waals surface area contributed by atoms with Gasteiger partial charge in [0, 0.05) is 31.0 Å². The smallest absolute Gasteiger partial charge is 0.255 e. The van der Waals surface area contributed by atoms with Gasteiger partial charge in [0.2, 0.25) is 0 Å². The van der Waals surface area contributed by atoms with Gasteiger partial charge < -0.3 is 10.2 Å². The molecule has 2 amide bonds. The van der Waals surface area contributed by atoms with Crippen molar-refractivity contribution in [2.45, 2.75) is 18.9 Å². The number of pyridine rings is 1. The number of aryl methyl sites for hydroxylation is 1. The molecule has 3 heterocycles. The lowest BCUT2D eigenvalue weighted by atomic mass is 10.0. The van der Waals surface area contributed by atoms with Crippen LogP contribution < -0.4 is 5.32 Å². The highest BCUT2D eigenvalue weighted by Crippen LogP contribution is 2.27. The van der Waals surface area contributed by atoms with Crippen LogP contribution in [-0.2, 0) is 0 Å². The molecule has 2 atom stereocenters. The maximum Gasteiger partial charge on any atom is 0.255 e. The Hall–Kier alpha value is -3.55. The van der Waals surface area contributed by atoms with Gasteiger partial charge >= 0.3 is 0 Å². The molecular weight excluding hydrogens is 356 g/mol. The zero-order valence-corrected chi connectivity index (χ0v) is 15.4. The van der Waals surface area contributed by atoms with E-state index in [1.54, 1.807) is 41.6 Å². The van der Waals surface area contributed by atoms with Gasteiger partial charge in [-0.3, -0.25) is 19.7 Å². The maximum atomic E-state index is 12.9. The van der Waals surface area contributed by atoms with Gasteiger partial charge in [-0.05, 0) is 31.2 Å². The third-order valence-electron chi connectivity index (χ3n) is 4.81. The van der Waals surface area contributed by atoms with E-state index in [2.05, 4.69) is 25.5 Å². The number of likely N-dealkylation sites (tertiary alicyclic amines) is 1. The first-order valence-electron chi connectivity index (χ1n) is 9.06. The largest absolute Gasteiger partial charge is 0.347 e. The summed E-state index contributed by atoms with van der Waals surface area (Å²) >= 11 is 0. The normalized spacial score (nSPS) is 18.8. The third kappa shape index (κ3) is 3.62. The molecule has 0 spiro atoms. The van der Waals surface area contributed by atoms with Crippen molar-refractivity contribution in [1.82, 2.24) is 30.4 Å². The number of amides is 2. The molecule has 1 aliphatic heterocycles. The van der Waals surface area contributed by atoms with Crippen molar-refractivity contribution < 1.29 is 9.59 Å². The van der Waals surface area contributed by atoms with Crippen molar-refractivity contribution in [1.29, 1.82) is 0 Å². The second-order valence-electron chi connectivity index (χ2n) is 6.78. The number of rotatable bonds is 4. The Kier molecular flexibility index (Phi) is 4.84. The highest BCUT2D eigenvalue weighted by Gasteiger charge is 2.39. The number of hydrogen-bond donors (Lipinski definition) is 2. The zero-order chi connectivity index (χ0) is 19.5. The SMILES string of the molecule is Cc1nc([C@@H]2CN(C(=O)c3cccnc3)C[C@H]2NC(=O)c2ccccc2)n[nH]1. The van der Waals surface area contributed by atoms with E-state index in [0.717, 1.165) is 0 Å². The molecule has 2 N–H and O–H groups in total. The first-order valence-corrected chi connectivity index (χ1v) is 9.06. The lowest BCUT2D eigenvalue weighted by Gasteiger charge is -2.17. The fourth-order valence-electron chi connectivity index (χ4n) is 3.42. The first kappa shape index (κ1) is 17.8. The molecule has 142 valence electrons. The molecule has 0 saturated carbocycles. The molecular formula is C20H20N6O2. The van der Waals surface area contributed by atoms with Crippen molar-refractivity contribution in [3.63, 3.8) is 0 Å². The molecule has 1 aromatic carbocycles. The molecule has 1 fully saturated rings. The fraction of sp³-hybridized carbons (Fsp3) is 0.250. The fourth-order valence-corrected chi connectivity index (χ4v) is 3.42. The topological polar surface area (TPSA) is 104 Å². The molecule has 2 aromatic heterocycles. The van der Waals surface area contributed by atoms with E-state index in [4.69, 9.17) is 0 Å². The van der Waals surface area contributed by atoms with Crippen LogP contribution in [0.5, 0.6) is 0 Å². The van der Waals surface area contributed by atoms with Crippen molar-refractivity contribution in [3.05, 3.63) is 77.6 Å². The summed E-state index contributed by atoms with van der Waals surface area (Å²) in [5.74, 6) is 0.788. The Morgan fingerprint density at radius 1 is 1.11 bits per heavy atom. The van der Waals surface area contributed by atoms with Gasteiger partial charge in [0.1, 0.15) is 5.82 Å². The summed E-state index contributed by atoms with van der Waals surface area (Å²) in [4.78, 5) is 35.7. The zero-order valence-electron chi connectivity index (χ0n) is 15.4. The number of H-pyrrole nitrogens is 1. The molecule has 0 bridgehead atoms. The van der Waals surface area contributed by atoms with Gasteiger partial charge in [-0.1, -0.05) is 18.2 Å². The molecule has 4 rings (SSSR count). The van der Waals surface area contributed by atoms with Crippen molar-refractivity contribution >= 4 is 11.8 Å². The van der Waals surface area contributed by atoms with Gasteiger partial charge in [0.15, 0.2) is 5.82 Å². The number of carbonyl (C=O) groups excluding carboxylic acids is 2. The minimum absolute atomic E-state index is 0.123. The Balaban J connectivity index is 1.57. The van der Waals surface area contributed by atoms with Crippen LogP contribution in [0.25, 0.3) is 0 Å². The maximum absolute atomic E-state index is 12.9. The van der Waals surface area contributed by atoms with Crippen LogP contribution in [-0.4, -0.2) is 56.0 Å². The molecule has 8 heteroatoms. The summed E-state index contributed by atoms with van der Waals surface area (Å²) < 4.78 is 0. The predicted molar refractivity (Wildman–Crippen MR) is 102 cm³/mol. The number of carbonyl (C=O) groups is 2. The number of benzene rings is 1. The van der Waals surface area contributed by atoms with Crippen LogP contribution >= 0.6 is 0 Å². The van der Waals surface area contributed by atoms with Crippen molar-refractivity contribution in [2.75, 3.05) is 13.1 Å². The van der Waals surface area contributed by atoms with Crippen LogP contribution in [0.2, 0.25) is 0 Å². The molecule has 0 radical (unpaired) electrons. The average Bonchev–Trinajstić information content (AvgIpc) is 3.35.